The SMILES string of the molecule is Cc1nc2cc(-c3csc(NN)n3)ccc2o1. The first-order valence-electron chi connectivity index (χ1n) is 5.06. The maximum Gasteiger partial charge on any atom is 0.197 e. The molecule has 0 radical (unpaired) electrons. The van der Waals surface area contributed by atoms with E-state index >= 15 is 0 Å². The second kappa shape index (κ2) is 3.83. The highest BCUT2D eigenvalue weighted by atomic mass is 32.1. The molecule has 0 aliphatic rings. The van der Waals surface area contributed by atoms with Crippen LogP contribution in [0.15, 0.2) is 28.0 Å². The maximum atomic E-state index is 5.42. The molecule has 2 aromatic heterocycles. The van der Waals surface area contributed by atoms with Gasteiger partial charge < -0.3 is 4.42 Å². The molecule has 0 atom stereocenters. The average molecular weight is 246 g/mol. The van der Waals surface area contributed by atoms with Gasteiger partial charge in [-0.3, -0.25) is 5.43 Å². The predicted molar refractivity (Wildman–Crippen MR) is 67.7 cm³/mol. The highest BCUT2D eigenvalue weighted by Gasteiger charge is 2.07. The van der Waals surface area contributed by atoms with Crippen molar-refractivity contribution in [2.75, 3.05) is 5.43 Å². The predicted octanol–water partition coefficient (Wildman–Crippen LogP) is 2.55. The number of oxazole rings is 1. The molecule has 0 spiro atoms. The lowest BCUT2D eigenvalue weighted by Gasteiger charge is -1.95. The van der Waals surface area contributed by atoms with Crippen LogP contribution >= 0.6 is 11.3 Å². The Balaban J connectivity index is 2.10. The molecule has 0 saturated heterocycles. The van der Waals surface area contributed by atoms with Gasteiger partial charge in [-0.25, -0.2) is 15.8 Å². The molecule has 0 unspecified atom stereocenters. The largest absolute Gasteiger partial charge is 0.441 e. The van der Waals surface area contributed by atoms with E-state index < -0.39 is 0 Å². The summed E-state index contributed by atoms with van der Waals surface area (Å²) in [6, 6.07) is 5.82. The molecular formula is C11H10N4OS. The Morgan fingerprint density at radius 1 is 1.35 bits per heavy atom. The van der Waals surface area contributed by atoms with Gasteiger partial charge in [0.25, 0.3) is 0 Å². The molecule has 6 heteroatoms. The van der Waals surface area contributed by atoms with Crippen LogP contribution in [0.25, 0.3) is 22.4 Å². The standard InChI is InChI=1S/C11H10N4OS/c1-6-13-8-4-7(2-3-10(8)16-6)9-5-17-11(14-9)15-12/h2-5H,12H2,1H3,(H,14,15). The van der Waals surface area contributed by atoms with Crippen molar-refractivity contribution in [3.05, 3.63) is 29.5 Å². The van der Waals surface area contributed by atoms with Crippen molar-refractivity contribution < 1.29 is 4.42 Å². The molecule has 0 aliphatic heterocycles. The first-order valence-corrected chi connectivity index (χ1v) is 5.94. The molecule has 0 bridgehead atoms. The number of nitrogen functional groups attached to an aromatic ring is 1. The summed E-state index contributed by atoms with van der Waals surface area (Å²) < 4.78 is 5.42. The van der Waals surface area contributed by atoms with Gasteiger partial charge in [0.05, 0.1) is 5.69 Å². The normalized spacial score (nSPS) is 10.9. The molecule has 3 N–H and O–H groups in total. The Morgan fingerprint density at radius 3 is 3.00 bits per heavy atom. The Hall–Kier alpha value is -1.92. The zero-order valence-electron chi connectivity index (χ0n) is 9.10. The summed E-state index contributed by atoms with van der Waals surface area (Å²) in [5.74, 6) is 5.97. The Bertz CT molecular complexity index is 673. The van der Waals surface area contributed by atoms with E-state index in [-0.39, 0.29) is 0 Å². The number of rotatable bonds is 2. The van der Waals surface area contributed by atoms with Gasteiger partial charge >= 0.3 is 0 Å². The van der Waals surface area contributed by atoms with E-state index in [9.17, 15) is 0 Å². The van der Waals surface area contributed by atoms with Crippen molar-refractivity contribution in [1.82, 2.24) is 9.97 Å². The lowest BCUT2D eigenvalue weighted by molar-refractivity contribution is 0.561. The van der Waals surface area contributed by atoms with Gasteiger partial charge in [0.1, 0.15) is 5.52 Å². The molecule has 3 aromatic rings. The first kappa shape index (κ1) is 10.2. The van der Waals surface area contributed by atoms with Gasteiger partial charge in [-0.15, -0.1) is 11.3 Å². The zero-order valence-corrected chi connectivity index (χ0v) is 9.91. The second-order valence-electron chi connectivity index (χ2n) is 3.60. The van der Waals surface area contributed by atoms with Crippen molar-refractivity contribution in [3.63, 3.8) is 0 Å². The number of hydrogen-bond acceptors (Lipinski definition) is 6. The van der Waals surface area contributed by atoms with Crippen molar-refractivity contribution >= 4 is 27.6 Å². The number of nitrogens with one attached hydrogen (secondary N) is 1. The van der Waals surface area contributed by atoms with Crippen molar-refractivity contribution in [3.8, 4) is 11.3 Å². The van der Waals surface area contributed by atoms with Gasteiger partial charge in [-0.1, -0.05) is 0 Å². The maximum absolute atomic E-state index is 5.42. The van der Waals surface area contributed by atoms with Crippen LogP contribution in [0.5, 0.6) is 0 Å². The van der Waals surface area contributed by atoms with E-state index in [0.717, 1.165) is 22.4 Å². The van der Waals surface area contributed by atoms with Gasteiger partial charge in [0.2, 0.25) is 0 Å². The number of anilines is 1. The minimum absolute atomic E-state index is 0.666. The number of thiazole rings is 1. The van der Waals surface area contributed by atoms with E-state index in [0.29, 0.717) is 11.0 Å². The lowest BCUT2D eigenvalue weighted by atomic mass is 10.1. The summed E-state index contributed by atoms with van der Waals surface area (Å²) in [4.78, 5) is 8.63. The molecule has 5 nitrogen and oxygen atoms in total. The van der Waals surface area contributed by atoms with Crippen LogP contribution in [0.2, 0.25) is 0 Å². The van der Waals surface area contributed by atoms with Crippen LogP contribution < -0.4 is 11.3 Å². The first-order chi connectivity index (χ1) is 8.26. The van der Waals surface area contributed by atoms with Gasteiger partial charge in [-0.2, -0.15) is 0 Å². The van der Waals surface area contributed by atoms with Crippen LogP contribution in [-0.2, 0) is 0 Å². The van der Waals surface area contributed by atoms with Gasteiger partial charge in [-0.05, 0) is 18.2 Å². The van der Waals surface area contributed by atoms with E-state index in [1.807, 2.05) is 30.5 Å². The minimum atomic E-state index is 0.666. The van der Waals surface area contributed by atoms with Gasteiger partial charge in [0.15, 0.2) is 16.6 Å². The summed E-state index contributed by atoms with van der Waals surface area (Å²) in [6.45, 7) is 1.83. The molecule has 0 aliphatic carbocycles. The summed E-state index contributed by atoms with van der Waals surface area (Å²) in [5, 5.41) is 2.64. The molecule has 3 rings (SSSR count). The average Bonchev–Trinajstić information content (AvgIpc) is 2.92. The number of aryl methyl sites for hydroxylation is 1. The fourth-order valence-corrected chi connectivity index (χ4v) is 2.31. The van der Waals surface area contributed by atoms with Crippen molar-refractivity contribution in [2.45, 2.75) is 6.92 Å². The van der Waals surface area contributed by atoms with Crippen molar-refractivity contribution in [2.24, 2.45) is 5.84 Å². The van der Waals surface area contributed by atoms with Crippen molar-refractivity contribution in [1.29, 1.82) is 0 Å². The molecular weight excluding hydrogens is 236 g/mol. The van der Waals surface area contributed by atoms with Crippen LogP contribution in [0.4, 0.5) is 5.13 Å². The quantitative estimate of drug-likeness (QED) is 0.536. The Morgan fingerprint density at radius 2 is 2.24 bits per heavy atom. The zero-order chi connectivity index (χ0) is 11.8. The van der Waals surface area contributed by atoms with E-state index in [2.05, 4.69) is 15.4 Å². The van der Waals surface area contributed by atoms with Gasteiger partial charge in [0, 0.05) is 17.9 Å². The van der Waals surface area contributed by atoms with Crippen LogP contribution in [-0.4, -0.2) is 9.97 Å². The number of nitrogens with two attached hydrogens (primary N) is 1. The molecule has 0 saturated carbocycles. The smallest absolute Gasteiger partial charge is 0.197 e. The topological polar surface area (TPSA) is 77.0 Å². The second-order valence-corrected chi connectivity index (χ2v) is 4.46. The fraction of sp³-hybridized carbons (Fsp3) is 0.0909. The number of hydrogen-bond donors (Lipinski definition) is 2. The summed E-state index contributed by atoms with van der Waals surface area (Å²) in [7, 11) is 0. The highest BCUT2D eigenvalue weighted by Crippen LogP contribution is 2.27. The third-order valence-corrected chi connectivity index (χ3v) is 3.19. The molecule has 86 valence electrons. The third kappa shape index (κ3) is 1.77. The highest BCUT2D eigenvalue weighted by molar-refractivity contribution is 7.14. The lowest BCUT2D eigenvalue weighted by Crippen LogP contribution is -2.05. The van der Waals surface area contributed by atoms with E-state index in [4.69, 9.17) is 10.3 Å². The fourth-order valence-electron chi connectivity index (χ4n) is 1.67. The molecule has 17 heavy (non-hydrogen) atoms. The summed E-state index contributed by atoms with van der Waals surface area (Å²) in [5.41, 5.74) is 6.05. The summed E-state index contributed by atoms with van der Waals surface area (Å²) in [6.07, 6.45) is 0. The number of benzene rings is 1. The van der Waals surface area contributed by atoms with E-state index in [1.54, 1.807) is 0 Å². The third-order valence-electron chi connectivity index (χ3n) is 2.42. The molecule has 0 amide bonds. The Kier molecular flexibility index (Phi) is 2.31. The van der Waals surface area contributed by atoms with E-state index in [1.165, 1.54) is 11.3 Å². The Labute approximate surface area is 101 Å². The number of hydrazine groups is 1. The molecule has 2 heterocycles. The minimum Gasteiger partial charge on any atom is -0.441 e. The van der Waals surface area contributed by atoms with Crippen LogP contribution in [0.1, 0.15) is 5.89 Å². The monoisotopic (exact) mass is 246 g/mol. The number of nitrogens with zero attached hydrogens (tertiary/aromatic N) is 2. The molecule has 0 fully saturated rings. The molecule has 1 aromatic carbocycles. The summed E-state index contributed by atoms with van der Waals surface area (Å²) >= 11 is 1.46. The van der Waals surface area contributed by atoms with Crippen LogP contribution in [0, 0.1) is 6.92 Å². The number of fused-ring (bicyclic) bond motifs is 1. The number of aromatic nitrogens is 2. The van der Waals surface area contributed by atoms with Crippen LogP contribution in [0.3, 0.4) is 0 Å².